The second-order valence-corrected chi connectivity index (χ2v) is 9.55. The third-order valence-corrected chi connectivity index (χ3v) is 7.20. The molecule has 1 aromatic heterocycles. The fraction of sp³-hybridized carbons (Fsp3) is 0.737. The predicted molar refractivity (Wildman–Crippen MR) is 91.4 cm³/mol. The van der Waals surface area contributed by atoms with Gasteiger partial charge in [-0.25, -0.2) is 0 Å². The van der Waals surface area contributed by atoms with E-state index in [2.05, 4.69) is 22.0 Å². The van der Waals surface area contributed by atoms with Crippen molar-refractivity contribution >= 4 is 17.5 Å². The van der Waals surface area contributed by atoms with E-state index >= 15 is 0 Å². The number of aromatic nitrogens is 2. The van der Waals surface area contributed by atoms with Crippen LogP contribution in [0.25, 0.3) is 0 Å². The third-order valence-electron chi connectivity index (χ3n) is 7.02. The van der Waals surface area contributed by atoms with Gasteiger partial charge in [-0.15, -0.1) is 5.10 Å². The molecule has 1 aromatic rings. The fourth-order valence-corrected chi connectivity index (χ4v) is 6.94. The van der Waals surface area contributed by atoms with Gasteiger partial charge in [0.2, 0.25) is 5.91 Å². The molecule has 4 bridgehead atoms. The number of rotatable bonds is 1. The number of fused-ring (bicyclic) bond motifs is 1. The number of halogens is 1. The Bertz CT molecular complexity index is 705. The summed E-state index contributed by atoms with van der Waals surface area (Å²) in [6.45, 7) is 3.82. The van der Waals surface area contributed by atoms with E-state index in [0.717, 1.165) is 55.3 Å². The monoisotopic (exact) mass is 345 g/mol. The van der Waals surface area contributed by atoms with Crippen LogP contribution in [0.3, 0.4) is 0 Å². The Morgan fingerprint density at radius 2 is 2.00 bits per heavy atom. The molecule has 4 fully saturated rings. The summed E-state index contributed by atoms with van der Waals surface area (Å²) in [7, 11) is 0. The topological polar surface area (TPSA) is 46.1 Å². The molecular formula is C19H24ClN3O. The van der Waals surface area contributed by atoms with Crippen LogP contribution in [0, 0.1) is 22.7 Å². The molecule has 6 rings (SSSR count). The van der Waals surface area contributed by atoms with E-state index in [1.54, 1.807) is 0 Å². The van der Waals surface area contributed by atoms with Crippen LogP contribution in [0.5, 0.6) is 0 Å². The first-order chi connectivity index (χ1) is 11.4. The van der Waals surface area contributed by atoms with Gasteiger partial charge in [-0.3, -0.25) is 4.79 Å². The van der Waals surface area contributed by atoms with E-state index in [1.165, 1.54) is 19.3 Å². The second-order valence-electron chi connectivity index (χ2n) is 9.17. The Balaban J connectivity index is 1.42. The van der Waals surface area contributed by atoms with Crippen LogP contribution >= 0.6 is 11.6 Å². The lowest BCUT2D eigenvalue weighted by atomic mass is 9.44. The molecule has 1 amide bonds. The molecule has 0 radical (unpaired) electrons. The minimum atomic E-state index is -0.0871. The van der Waals surface area contributed by atoms with E-state index in [1.807, 2.05) is 6.07 Å². The molecule has 0 saturated heterocycles. The van der Waals surface area contributed by atoms with Crippen molar-refractivity contribution in [3.8, 4) is 0 Å². The van der Waals surface area contributed by atoms with Gasteiger partial charge in [0.05, 0.1) is 17.7 Å². The molecule has 5 heteroatoms. The highest BCUT2D eigenvalue weighted by atomic mass is 35.5. The molecule has 2 heterocycles. The SMILES string of the molecule is CC12CC3CC(C1)CC(C(=O)N1CCc4cc(Cl)nnc4C1)(C3)C2. The van der Waals surface area contributed by atoms with E-state index in [9.17, 15) is 4.79 Å². The van der Waals surface area contributed by atoms with Crippen LogP contribution < -0.4 is 0 Å². The molecule has 4 nitrogen and oxygen atoms in total. The third kappa shape index (κ3) is 2.22. The lowest BCUT2D eigenvalue weighted by molar-refractivity contribution is -0.167. The van der Waals surface area contributed by atoms with Gasteiger partial charge in [-0.2, -0.15) is 5.10 Å². The maximum Gasteiger partial charge on any atom is 0.229 e. The first-order valence-corrected chi connectivity index (χ1v) is 9.63. The summed E-state index contributed by atoms with van der Waals surface area (Å²) in [6.07, 6.45) is 8.22. The average molecular weight is 346 g/mol. The maximum atomic E-state index is 13.5. The van der Waals surface area contributed by atoms with Gasteiger partial charge < -0.3 is 4.90 Å². The summed E-state index contributed by atoms with van der Waals surface area (Å²) in [4.78, 5) is 15.6. The van der Waals surface area contributed by atoms with Crippen molar-refractivity contribution in [1.82, 2.24) is 15.1 Å². The van der Waals surface area contributed by atoms with E-state index < -0.39 is 0 Å². The Labute approximate surface area is 148 Å². The van der Waals surface area contributed by atoms with Gasteiger partial charge >= 0.3 is 0 Å². The van der Waals surface area contributed by atoms with Crippen LogP contribution in [0.15, 0.2) is 6.07 Å². The Morgan fingerprint density at radius 3 is 2.71 bits per heavy atom. The van der Waals surface area contributed by atoms with Crippen LogP contribution in [0.2, 0.25) is 5.15 Å². The summed E-state index contributed by atoms with van der Waals surface area (Å²) in [6, 6.07) is 1.90. The molecule has 4 aliphatic carbocycles. The summed E-state index contributed by atoms with van der Waals surface area (Å²) in [5.41, 5.74) is 2.39. The zero-order valence-corrected chi connectivity index (χ0v) is 15.0. The molecular weight excluding hydrogens is 322 g/mol. The molecule has 0 aromatic carbocycles. The van der Waals surface area contributed by atoms with E-state index in [-0.39, 0.29) is 5.41 Å². The van der Waals surface area contributed by atoms with Gasteiger partial charge in [0.15, 0.2) is 5.15 Å². The highest BCUT2D eigenvalue weighted by Crippen LogP contribution is 2.65. The number of amides is 1. The Kier molecular flexibility index (Phi) is 3.11. The number of nitrogens with zero attached hydrogens (tertiary/aromatic N) is 3. The average Bonchev–Trinajstić information content (AvgIpc) is 2.51. The van der Waals surface area contributed by atoms with Crippen molar-refractivity contribution in [1.29, 1.82) is 0 Å². The zero-order chi connectivity index (χ0) is 16.5. The lowest BCUT2D eigenvalue weighted by Crippen LogP contribution is -2.58. The number of carbonyl (C=O) groups excluding carboxylic acids is 1. The molecule has 1 aliphatic heterocycles. The minimum Gasteiger partial charge on any atom is -0.336 e. The molecule has 24 heavy (non-hydrogen) atoms. The van der Waals surface area contributed by atoms with Gasteiger partial charge in [-0.05, 0) is 73.8 Å². The van der Waals surface area contributed by atoms with Crippen molar-refractivity contribution in [2.45, 2.75) is 58.4 Å². The summed E-state index contributed by atoms with van der Waals surface area (Å²) in [5.74, 6) is 1.94. The quantitative estimate of drug-likeness (QED) is 0.781. The first-order valence-electron chi connectivity index (χ1n) is 9.25. The largest absolute Gasteiger partial charge is 0.336 e. The highest BCUT2D eigenvalue weighted by molar-refractivity contribution is 6.29. The van der Waals surface area contributed by atoms with Crippen molar-refractivity contribution in [3.63, 3.8) is 0 Å². The van der Waals surface area contributed by atoms with Crippen molar-refractivity contribution in [2.75, 3.05) is 6.54 Å². The fourth-order valence-electron chi connectivity index (χ4n) is 6.77. The number of hydrogen-bond donors (Lipinski definition) is 0. The molecule has 2 unspecified atom stereocenters. The highest BCUT2D eigenvalue weighted by Gasteiger charge is 2.59. The van der Waals surface area contributed by atoms with Crippen LogP contribution in [0.1, 0.15) is 56.7 Å². The second kappa shape index (κ2) is 4.94. The van der Waals surface area contributed by atoms with Crippen LogP contribution in [-0.2, 0) is 17.8 Å². The van der Waals surface area contributed by atoms with Crippen molar-refractivity contribution < 1.29 is 4.79 Å². The summed E-state index contributed by atoms with van der Waals surface area (Å²) >= 11 is 5.95. The maximum absolute atomic E-state index is 13.5. The smallest absolute Gasteiger partial charge is 0.229 e. The van der Waals surface area contributed by atoms with Gasteiger partial charge in [-0.1, -0.05) is 18.5 Å². The standard InChI is InChI=1S/C19H24ClN3O/c1-18-6-12-4-13(7-18)9-19(8-12,11-18)17(24)23-3-2-14-5-16(20)22-21-15(14)10-23/h5,12-13H,2-4,6-11H2,1H3. The molecule has 4 saturated carbocycles. The predicted octanol–water partition coefficient (Wildman–Crippen LogP) is 3.62. The Hall–Kier alpha value is -1.16. The normalized spacial score (nSPS) is 39.8. The molecule has 0 spiro atoms. The molecule has 0 N–H and O–H groups in total. The van der Waals surface area contributed by atoms with E-state index in [0.29, 0.717) is 23.0 Å². The molecule has 2 atom stereocenters. The lowest BCUT2D eigenvalue weighted by Gasteiger charge is -2.61. The molecule has 128 valence electrons. The first kappa shape index (κ1) is 15.1. The van der Waals surface area contributed by atoms with E-state index in [4.69, 9.17) is 11.6 Å². The zero-order valence-electron chi connectivity index (χ0n) is 14.2. The van der Waals surface area contributed by atoms with Crippen molar-refractivity contribution in [2.24, 2.45) is 22.7 Å². The number of carbonyl (C=O) groups is 1. The summed E-state index contributed by atoms with van der Waals surface area (Å²) in [5, 5.41) is 8.65. The van der Waals surface area contributed by atoms with Gasteiger partial charge in [0.25, 0.3) is 0 Å². The van der Waals surface area contributed by atoms with Gasteiger partial charge in [0, 0.05) is 6.54 Å². The Morgan fingerprint density at radius 1 is 1.25 bits per heavy atom. The minimum absolute atomic E-state index is 0.0871. The van der Waals surface area contributed by atoms with Crippen LogP contribution in [0.4, 0.5) is 0 Å². The van der Waals surface area contributed by atoms with Gasteiger partial charge in [0.1, 0.15) is 0 Å². The number of hydrogen-bond acceptors (Lipinski definition) is 3. The van der Waals surface area contributed by atoms with Crippen molar-refractivity contribution in [3.05, 3.63) is 22.5 Å². The van der Waals surface area contributed by atoms with Crippen LogP contribution in [-0.4, -0.2) is 27.5 Å². The summed E-state index contributed by atoms with van der Waals surface area (Å²) < 4.78 is 0. The molecule has 5 aliphatic rings.